The molecule has 7 nitrogen and oxygen atoms in total. The van der Waals surface area contributed by atoms with Crippen molar-refractivity contribution in [2.75, 3.05) is 13.7 Å². The largest absolute Gasteiger partial charge is 0.463 e. The lowest BCUT2D eigenvalue weighted by Gasteiger charge is -2.28. The van der Waals surface area contributed by atoms with Crippen LogP contribution in [0.2, 0.25) is 0 Å². The van der Waals surface area contributed by atoms with E-state index >= 15 is 0 Å². The van der Waals surface area contributed by atoms with Crippen LogP contribution in [0, 0.1) is 11.8 Å². The molecule has 0 spiro atoms. The summed E-state index contributed by atoms with van der Waals surface area (Å²) in [5.74, 6) is -1.72. The van der Waals surface area contributed by atoms with Crippen LogP contribution in [0.1, 0.15) is 38.5 Å². The summed E-state index contributed by atoms with van der Waals surface area (Å²) < 4.78 is 10.8. The highest BCUT2D eigenvalue weighted by Gasteiger charge is 2.72. The molecule has 3 rings (SSSR count). The number of ether oxygens (including phenoxy) is 1. The number of likely N-dealkylation sites (tertiary alicyclic amines) is 1. The summed E-state index contributed by atoms with van der Waals surface area (Å²) in [6.45, 7) is 3.93. The van der Waals surface area contributed by atoms with Gasteiger partial charge in [-0.1, -0.05) is 6.92 Å². The van der Waals surface area contributed by atoms with Gasteiger partial charge in [0, 0.05) is 13.5 Å². The molecule has 130 valence electrons. The second-order valence-electron chi connectivity index (χ2n) is 6.46. The van der Waals surface area contributed by atoms with E-state index in [1.54, 1.807) is 19.1 Å². The molecule has 2 amide bonds. The van der Waals surface area contributed by atoms with Gasteiger partial charge in [0.15, 0.2) is 11.8 Å². The number of quaternary nitrogens is 1. The number of esters is 1. The van der Waals surface area contributed by atoms with Gasteiger partial charge in [0.2, 0.25) is 17.4 Å². The fourth-order valence-electron chi connectivity index (χ4n) is 4.22. The molecular formula is C17H23N2O5+. The van der Waals surface area contributed by atoms with Crippen LogP contribution in [0.15, 0.2) is 22.8 Å². The number of imide groups is 1. The molecule has 0 aromatic carbocycles. The summed E-state index contributed by atoms with van der Waals surface area (Å²) in [6.07, 6.45) is 2.71. The molecule has 0 unspecified atom stereocenters. The molecule has 0 radical (unpaired) electrons. The Bertz CT molecular complexity index is 656. The number of furan rings is 1. The van der Waals surface area contributed by atoms with Crippen molar-refractivity contribution in [2.24, 2.45) is 11.8 Å². The van der Waals surface area contributed by atoms with Crippen LogP contribution < -0.4 is 5.32 Å². The van der Waals surface area contributed by atoms with E-state index in [1.165, 1.54) is 13.3 Å². The van der Waals surface area contributed by atoms with E-state index in [0.717, 1.165) is 4.90 Å². The maximum absolute atomic E-state index is 12.8. The lowest BCUT2D eigenvalue weighted by molar-refractivity contribution is -0.736. The minimum atomic E-state index is -1.08. The SMILES string of the molecule is CCC[C@@]1(C(=O)OCC)[NH2+][C@@H](c2ccco2)[C@H]2C(=O)N(C)C(=O)[C@H]21. The number of hydrogen-bond donors (Lipinski definition) is 1. The predicted molar refractivity (Wildman–Crippen MR) is 82.4 cm³/mol. The topological polar surface area (TPSA) is 93.4 Å². The van der Waals surface area contributed by atoms with E-state index in [9.17, 15) is 14.4 Å². The molecule has 2 aliphatic heterocycles. The number of rotatable bonds is 5. The Morgan fingerprint density at radius 2 is 2.12 bits per heavy atom. The summed E-state index contributed by atoms with van der Waals surface area (Å²) in [7, 11) is 1.48. The first-order valence-electron chi connectivity index (χ1n) is 8.36. The number of fused-ring (bicyclic) bond motifs is 1. The molecular weight excluding hydrogens is 312 g/mol. The van der Waals surface area contributed by atoms with E-state index in [2.05, 4.69) is 0 Å². The molecule has 2 fully saturated rings. The van der Waals surface area contributed by atoms with Gasteiger partial charge >= 0.3 is 5.97 Å². The van der Waals surface area contributed by atoms with Crippen molar-refractivity contribution in [3.8, 4) is 0 Å². The number of hydrogen-bond acceptors (Lipinski definition) is 5. The van der Waals surface area contributed by atoms with Crippen molar-refractivity contribution < 1.29 is 28.9 Å². The van der Waals surface area contributed by atoms with Crippen LogP contribution in [-0.4, -0.2) is 41.9 Å². The van der Waals surface area contributed by atoms with Gasteiger partial charge in [-0.3, -0.25) is 14.5 Å². The standard InChI is InChI=1S/C17H22N2O5/c1-4-8-17(16(22)23-5-2)12-11(14(20)19(3)15(12)21)13(18-17)10-7-6-9-24-10/h6-7,9,11-13,18H,4-5,8H2,1-3H3/p+1/t11-,12-,13-,17+/m0/s1. The van der Waals surface area contributed by atoms with Crippen molar-refractivity contribution >= 4 is 17.8 Å². The number of nitrogens with zero attached hydrogens (tertiary/aromatic N) is 1. The Kier molecular flexibility index (Phi) is 4.21. The maximum Gasteiger partial charge on any atom is 0.368 e. The van der Waals surface area contributed by atoms with Gasteiger partial charge in [0.25, 0.3) is 0 Å². The van der Waals surface area contributed by atoms with Gasteiger partial charge < -0.3 is 14.5 Å². The smallest absolute Gasteiger partial charge is 0.368 e. The first-order valence-corrected chi connectivity index (χ1v) is 8.36. The zero-order chi connectivity index (χ0) is 17.5. The van der Waals surface area contributed by atoms with E-state index in [1.807, 2.05) is 12.2 Å². The average molecular weight is 335 g/mol. The normalized spacial score (nSPS) is 32.3. The Morgan fingerprint density at radius 3 is 2.71 bits per heavy atom. The average Bonchev–Trinajstić information content (AvgIpc) is 3.23. The quantitative estimate of drug-likeness (QED) is 0.614. The van der Waals surface area contributed by atoms with Crippen LogP contribution in [0.25, 0.3) is 0 Å². The molecule has 4 atom stereocenters. The minimum absolute atomic E-state index is 0.235. The van der Waals surface area contributed by atoms with Gasteiger partial charge in [0.1, 0.15) is 11.8 Å². The van der Waals surface area contributed by atoms with Crippen molar-refractivity contribution in [2.45, 2.75) is 38.3 Å². The molecule has 0 aliphatic carbocycles. The highest BCUT2D eigenvalue weighted by Crippen LogP contribution is 2.45. The third kappa shape index (κ3) is 2.18. The Labute approximate surface area is 140 Å². The number of carbonyl (C=O) groups is 3. The van der Waals surface area contributed by atoms with Crippen molar-refractivity contribution in [1.29, 1.82) is 0 Å². The Hall–Kier alpha value is -2.15. The summed E-state index contributed by atoms with van der Waals surface area (Å²) in [5.41, 5.74) is -1.08. The zero-order valence-corrected chi connectivity index (χ0v) is 14.2. The monoisotopic (exact) mass is 335 g/mol. The fourth-order valence-corrected chi connectivity index (χ4v) is 4.22. The third-order valence-electron chi connectivity index (χ3n) is 5.18. The highest BCUT2D eigenvalue weighted by molar-refractivity contribution is 6.08. The van der Waals surface area contributed by atoms with E-state index in [0.29, 0.717) is 18.6 Å². The molecule has 1 aromatic heterocycles. The van der Waals surface area contributed by atoms with E-state index in [-0.39, 0.29) is 18.4 Å². The van der Waals surface area contributed by atoms with Gasteiger partial charge in [-0.05, 0) is 25.5 Å². The Morgan fingerprint density at radius 1 is 1.38 bits per heavy atom. The second kappa shape index (κ2) is 6.05. The van der Waals surface area contributed by atoms with Crippen molar-refractivity contribution in [1.82, 2.24) is 4.90 Å². The van der Waals surface area contributed by atoms with E-state index in [4.69, 9.17) is 9.15 Å². The predicted octanol–water partition coefficient (Wildman–Crippen LogP) is 0.231. The molecule has 24 heavy (non-hydrogen) atoms. The highest BCUT2D eigenvalue weighted by atomic mass is 16.5. The van der Waals surface area contributed by atoms with Crippen molar-refractivity contribution in [3.05, 3.63) is 24.2 Å². The fraction of sp³-hybridized carbons (Fsp3) is 0.588. The third-order valence-corrected chi connectivity index (χ3v) is 5.18. The lowest BCUT2D eigenvalue weighted by Crippen LogP contribution is -2.98. The van der Waals surface area contributed by atoms with Crippen LogP contribution >= 0.6 is 0 Å². The molecule has 2 aliphatic rings. The van der Waals surface area contributed by atoms with E-state index < -0.39 is 29.4 Å². The maximum atomic E-state index is 12.8. The minimum Gasteiger partial charge on any atom is -0.463 e. The lowest BCUT2D eigenvalue weighted by atomic mass is 9.77. The van der Waals surface area contributed by atoms with Crippen LogP contribution in [-0.2, 0) is 19.1 Å². The number of carbonyl (C=O) groups excluding carboxylic acids is 3. The number of amides is 2. The molecule has 1 aromatic rings. The molecule has 3 heterocycles. The van der Waals surface area contributed by atoms with Gasteiger partial charge in [-0.2, -0.15) is 0 Å². The Balaban J connectivity index is 2.10. The summed E-state index contributed by atoms with van der Waals surface area (Å²) in [6, 6.07) is 3.12. The zero-order valence-electron chi connectivity index (χ0n) is 14.2. The first-order chi connectivity index (χ1) is 11.5. The summed E-state index contributed by atoms with van der Waals surface area (Å²) in [5, 5.41) is 1.82. The molecule has 0 bridgehead atoms. The molecule has 7 heteroatoms. The van der Waals surface area contributed by atoms with Crippen molar-refractivity contribution in [3.63, 3.8) is 0 Å². The number of nitrogens with two attached hydrogens (primary N) is 1. The second-order valence-corrected chi connectivity index (χ2v) is 6.46. The summed E-state index contributed by atoms with van der Waals surface area (Å²) in [4.78, 5) is 39.4. The van der Waals surface area contributed by atoms with Crippen LogP contribution in [0.4, 0.5) is 0 Å². The van der Waals surface area contributed by atoms with Gasteiger partial charge in [0.05, 0.1) is 12.9 Å². The first kappa shape index (κ1) is 16.7. The molecule has 0 saturated carbocycles. The van der Waals surface area contributed by atoms with Crippen LogP contribution in [0.3, 0.4) is 0 Å². The molecule has 2 N–H and O–H groups in total. The van der Waals surface area contributed by atoms with Gasteiger partial charge in [-0.15, -0.1) is 0 Å². The molecule has 2 saturated heterocycles. The van der Waals surface area contributed by atoms with Crippen LogP contribution in [0.5, 0.6) is 0 Å². The van der Waals surface area contributed by atoms with Gasteiger partial charge in [-0.25, -0.2) is 4.79 Å². The summed E-state index contributed by atoms with van der Waals surface area (Å²) >= 11 is 0.